The normalized spacial score (nSPS) is 17.8. The second-order valence-electron chi connectivity index (χ2n) is 7.33. The maximum Gasteiger partial charge on any atom is 0.323 e. The minimum Gasteiger partial charge on any atom is -0.497 e. The average molecular weight is 447 g/mol. The topological polar surface area (TPSA) is 140 Å². The van der Waals surface area contributed by atoms with E-state index >= 15 is 0 Å². The molecular weight excluding hydrogens is 426 g/mol. The van der Waals surface area contributed by atoms with Crippen molar-refractivity contribution >= 4 is 28.5 Å². The van der Waals surface area contributed by atoms with Gasteiger partial charge in [-0.3, -0.25) is 10.1 Å². The number of aromatic nitrogens is 1. The molecule has 1 aliphatic heterocycles. The molecule has 2 aromatic carbocycles. The largest absolute Gasteiger partial charge is 0.497 e. The van der Waals surface area contributed by atoms with E-state index in [9.17, 15) is 14.7 Å². The summed E-state index contributed by atoms with van der Waals surface area (Å²) in [6.45, 7) is -0.105. The molecule has 4 rings (SSSR count). The number of nitrogens with zero attached hydrogens (tertiary/aromatic N) is 2. The Kier molecular flexibility index (Phi) is 5.54. The van der Waals surface area contributed by atoms with Gasteiger partial charge in [-0.25, -0.2) is 4.79 Å². The Balaban J connectivity index is 1.69. The number of rotatable bonds is 5. The molecule has 1 aromatic heterocycles. The zero-order valence-electron chi connectivity index (χ0n) is 17.9. The minimum atomic E-state index is -1.58. The second-order valence-corrected chi connectivity index (χ2v) is 7.33. The van der Waals surface area contributed by atoms with Crippen LogP contribution in [0.25, 0.3) is 10.8 Å². The summed E-state index contributed by atoms with van der Waals surface area (Å²) in [5, 5.41) is 20.5. The van der Waals surface area contributed by atoms with Crippen molar-refractivity contribution in [2.24, 2.45) is 10.9 Å². The van der Waals surface area contributed by atoms with E-state index in [-0.39, 0.29) is 18.3 Å². The van der Waals surface area contributed by atoms with Crippen LogP contribution in [0.1, 0.15) is 11.1 Å². The molecule has 1 aliphatic rings. The van der Waals surface area contributed by atoms with E-state index < -0.39 is 17.5 Å². The number of nitrogens with two attached hydrogens (primary N) is 1. The molecular formula is C23H21N5O5. The lowest BCUT2D eigenvalue weighted by atomic mass is 9.99. The zero-order chi connectivity index (χ0) is 23.6. The molecule has 0 spiro atoms. The van der Waals surface area contributed by atoms with E-state index in [1.807, 2.05) is 0 Å². The van der Waals surface area contributed by atoms with Crippen LogP contribution >= 0.6 is 0 Å². The number of ether oxygens (including phenoxy) is 1. The summed E-state index contributed by atoms with van der Waals surface area (Å²) in [6.07, 6.45) is 1.68. The van der Waals surface area contributed by atoms with Crippen LogP contribution in [0.15, 0.2) is 53.8 Å². The van der Waals surface area contributed by atoms with Crippen molar-refractivity contribution < 1.29 is 24.3 Å². The molecule has 10 heteroatoms. The molecule has 1 fully saturated rings. The first kappa shape index (κ1) is 21.6. The number of oxime groups is 1. The van der Waals surface area contributed by atoms with Crippen LogP contribution in [-0.4, -0.2) is 47.2 Å². The van der Waals surface area contributed by atoms with Gasteiger partial charge in [0.15, 0.2) is 11.7 Å². The standard InChI is InChI=1S/C23H21N5O5/c1-32-17-8-7-16-12-28(20(29)18(16)11-17)13-23(21(30)25-22(31)26-23)10-9-14-3-5-15(6-4-14)19(24)27-33-2/h3-8,11-12,29H,13H2,1-2H3,(H2,24,27)(H2,25,26,30,31)/t23-/m0/s1. The van der Waals surface area contributed by atoms with Crippen molar-refractivity contribution in [2.75, 3.05) is 14.2 Å². The van der Waals surface area contributed by atoms with E-state index in [0.29, 0.717) is 22.3 Å². The zero-order valence-corrected chi connectivity index (χ0v) is 17.9. The lowest BCUT2D eigenvalue weighted by Crippen LogP contribution is -2.49. The molecule has 3 aromatic rings. The molecule has 0 radical (unpaired) electrons. The lowest BCUT2D eigenvalue weighted by Gasteiger charge is -2.20. The number of carbonyl (C=O) groups excluding carboxylic acids is 2. The molecule has 1 atom stereocenters. The molecule has 5 N–H and O–H groups in total. The van der Waals surface area contributed by atoms with Gasteiger partial charge in [-0.2, -0.15) is 0 Å². The molecule has 168 valence electrons. The molecule has 0 unspecified atom stereocenters. The number of imide groups is 1. The predicted octanol–water partition coefficient (Wildman–Crippen LogP) is 1.25. The molecule has 3 amide bonds. The number of aromatic hydroxyl groups is 1. The molecule has 0 bridgehead atoms. The van der Waals surface area contributed by atoms with Gasteiger partial charge < -0.3 is 30.3 Å². The molecule has 1 saturated heterocycles. The predicted molar refractivity (Wildman–Crippen MR) is 121 cm³/mol. The molecule has 0 saturated carbocycles. The number of fused-ring (bicyclic) bond motifs is 1. The lowest BCUT2D eigenvalue weighted by molar-refractivity contribution is -0.122. The number of amidine groups is 1. The Labute approximate surface area is 189 Å². The van der Waals surface area contributed by atoms with Crippen LogP contribution in [-0.2, 0) is 16.2 Å². The van der Waals surface area contributed by atoms with E-state index in [2.05, 4.69) is 32.5 Å². The maximum absolute atomic E-state index is 12.7. The third-order valence-electron chi connectivity index (χ3n) is 5.21. The van der Waals surface area contributed by atoms with Crippen LogP contribution in [0.4, 0.5) is 4.79 Å². The smallest absolute Gasteiger partial charge is 0.323 e. The molecule has 0 aliphatic carbocycles. The highest BCUT2D eigenvalue weighted by Crippen LogP contribution is 2.32. The van der Waals surface area contributed by atoms with Gasteiger partial charge >= 0.3 is 6.03 Å². The Morgan fingerprint density at radius 1 is 1.21 bits per heavy atom. The van der Waals surface area contributed by atoms with Crippen molar-refractivity contribution in [1.29, 1.82) is 0 Å². The fraction of sp³-hybridized carbons (Fsp3) is 0.174. The van der Waals surface area contributed by atoms with Crippen molar-refractivity contribution in [3.05, 3.63) is 59.8 Å². The van der Waals surface area contributed by atoms with Gasteiger partial charge in [-0.1, -0.05) is 17.0 Å². The molecule has 10 nitrogen and oxygen atoms in total. The first-order valence-corrected chi connectivity index (χ1v) is 9.85. The Morgan fingerprint density at radius 3 is 2.61 bits per heavy atom. The average Bonchev–Trinajstić information content (AvgIpc) is 3.27. The number of amides is 3. The number of hydrogen-bond acceptors (Lipinski definition) is 6. The summed E-state index contributed by atoms with van der Waals surface area (Å²) < 4.78 is 6.68. The third-order valence-corrected chi connectivity index (χ3v) is 5.21. The third kappa shape index (κ3) is 4.12. The van der Waals surface area contributed by atoms with Crippen LogP contribution < -0.4 is 21.1 Å². The Bertz CT molecular complexity index is 1330. The summed E-state index contributed by atoms with van der Waals surface area (Å²) in [4.78, 5) is 29.3. The van der Waals surface area contributed by atoms with Gasteiger partial charge in [-0.05, 0) is 42.5 Å². The van der Waals surface area contributed by atoms with Crippen molar-refractivity contribution in [3.63, 3.8) is 0 Å². The van der Waals surface area contributed by atoms with Crippen molar-refractivity contribution in [1.82, 2.24) is 15.2 Å². The van der Waals surface area contributed by atoms with Crippen molar-refractivity contribution in [2.45, 2.75) is 12.1 Å². The second kappa shape index (κ2) is 8.47. The van der Waals surface area contributed by atoms with Gasteiger partial charge in [0.25, 0.3) is 5.91 Å². The van der Waals surface area contributed by atoms with E-state index in [4.69, 9.17) is 10.5 Å². The first-order chi connectivity index (χ1) is 15.8. The van der Waals surface area contributed by atoms with Gasteiger partial charge in [0.1, 0.15) is 12.9 Å². The number of hydrogen-bond donors (Lipinski definition) is 4. The Morgan fingerprint density at radius 2 is 1.97 bits per heavy atom. The van der Waals surface area contributed by atoms with E-state index in [1.165, 1.54) is 18.8 Å². The van der Waals surface area contributed by atoms with E-state index in [0.717, 1.165) is 5.39 Å². The first-order valence-electron chi connectivity index (χ1n) is 9.85. The van der Waals surface area contributed by atoms with Gasteiger partial charge in [0.2, 0.25) is 5.54 Å². The monoisotopic (exact) mass is 447 g/mol. The SMILES string of the molecule is CON=C(N)c1ccc(C#C[C@@]2(Cn3cc4ccc(OC)cc4c3O)NC(=O)NC2=O)cc1. The fourth-order valence-corrected chi connectivity index (χ4v) is 3.51. The summed E-state index contributed by atoms with van der Waals surface area (Å²) >= 11 is 0. The van der Waals surface area contributed by atoms with Crippen LogP contribution in [0.3, 0.4) is 0 Å². The highest BCUT2D eigenvalue weighted by atomic mass is 16.6. The number of benzene rings is 2. The van der Waals surface area contributed by atoms with Crippen LogP contribution in [0.5, 0.6) is 11.6 Å². The number of urea groups is 1. The van der Waals surface area contributed by atoms with Gasteiger partial charge in [-0.15, -0.1) is 0 Å². The van der Waals surface area contributed by atoms with Crippen LogP contribution in [0.2, 0.25) is 0 Å². The summed E-state index contributed by atoms with van der Waals surface area (Å²) in [7, 11) is 2.93. The molecule has 33 heavy (non-hydrogen) atoms. The summed E-state index contributed by atoms with van der Waals surface area (Å²) in [5.74, 6) is 5.90. The molecule has 2 heterocycles. The quantitative estimate of drug-likeness (QED) is 0.153. The van der Waals surface area contributed by atoms with Crippen LogP contribution in [0, 0.1) is 11.8 Å². The highest BCUT2D eigenvalue weighted by Gasteiger charge is 2.46. The van der Waals surface area contributed by atoms with Gasteiger partial charge in [0, 0.05) is 28.1 Å². The highest BCUT2D eigenvalue weighted by molar-refractivity contribution is 6.09. The number of carbonyl (C=O) groups is 2. The summed E-state index contributed by atoms with van der Waals surface area (Å²) in [6, 6.07) is 11.4. The van der Waals surface area contributed by atoms with E-state index in [1.54, 1.807) is 48.7 Å². The summed E-state index contributed by atoms with van der Waals surface area (Å²) in [5.41, 5.74) is 5.44. The number of nitrogens with one attached hydrogen (secondary N) is 2. The minimum absolute atomic E-state index is 0.0729. The maximum atomic E-state index is 12.7. The number of methoxy groups -OCH3 is 1. The van der Waals surface area contributed by atoms with Gasteiger partial charge in [0.05, 0.1) is 13.7 Å². The fourth-order valence-electron chi connectivity index (χ4n) is 3.51. The van der Waals surface area contributed by atoms with Crippen molar-refractivity contribution in [3.8, 4) is 23.5 Å². The Hall–Kier alpha value is -4.65.